The molecule has 3 aliphatic heterocycles. The zero-order valence-electron chi connectivity index (χ0n) is 26.5. The van der Waals surface area contributed by atoms with Crippen LogP contribution in [-0.4, -0.2) is 54.2 Å². The van der Waals surface area contributed by atoms with Crippen LogP contribution >= 0.6 is 0 Å². The highest BCUT2D eigenvalue weighted by Gasteiger charge is 2.34. The van der Waals surface area contributed by atoms with Gasteiger partial charge in [0, 0.05) is 58.9 Å². The summed E-state index contributed by atoms with van der Waals surface area (Å²) in [7, 11) is -2.67. The van der Waals surface area contributed by atoms with Crippen LogP contribution in [0.2, 0.25) is 0 Å². The summed E-state index contributed by atoms with van der Waals surface area (Å²) in [4.78, 5) is 20.2. The van der Waals surface area contributed by atoms with E-state index in [2.05, 4.69) is 65.1 Å². The summed E-state index contributed by atoms with van der Waals surface area (Å²) in [6.45, 7) is 13.1. The molecule has 0 aliphatic carbocycles. The van der Waals surface area contributed by atoms with Gasteiger partial charge in [0.25, 0.3) is 16.0 Å². The van der Waals surface area contributed by atoms with Crippen molar-refractivity contribution in [3.8, 4) is 11.5 Å². The Hall–Kier alpha value is -3.69. The van der Waals surface area contributed by atoms with Gasteiger partial charge >= 0.3 is 0 Å². The van der Waals surface area contributed by atoms with Gasteiger partial charge < -0.3 is 15.0 Å². The van der Waals surface area contributed by atoms with E-state index in [1.807, 2.05) is 24.3 Å². The Bertz CT molecular complexity index is 1930. The Morgan fingerprint density at radius 2 is 1.70 bits per heavy atom. The highest BCUT2D eigenvalue weighted by Crippen LogP contribution is 2.46. The SMILES string of the molecule is CC1CC(C)(C)Nc2cc3c(cc21)C(c1ccccc1C(=O)N(C)CCS(=O)(=O)O)=c1cc2c(cc1O3)=NC(C)(C)CC2C. The quantitative estimate of drug-likeness (QED) is 0.283. The Kier molecular flexibility index (Phi) is 7.20. The van der Waals surface area contributed by atoms with Gasteiger partial charge in [-0.1, -0.05) is 32.0 Å². The van der Waals surface area contributed by atoms with Crippen molar-refractivity contribution in [2.75, 3.05) is 24.7 Å². The van der Waals surface area contributed by atoms with Crippen LogP contribution in [0, 0.1) is 0 Å². The van der Waals surface area contributed by atoms with E-state index in [1.54, 1.807) is 13.1 Å². The molecule has 0 spiro atoms. The number of hydrogen-bond donors (Lipinski definition) is 2. The number of amides is 1. The number of ether oxygens (including phenoxy) is 1. The minimum atomic E-state index is -4.22. The first kappa shape index (κ1) is 30.3. The van der Waals surface area contributed by atoms with Crippen molar-refractivity contribution in [1.82, 2.24) is 4.90 Å². The minimum absolute atomic E-state index is 0.0644. The van der Waals surface area contributed by atoms with Crippen LogP contribution in [0.15, 0.2) is 53.5 Å². The van der Waals surface area contributed by atoms with Gasteiger partial charge in [-0.15, -0.1) is 0 Å². The van der Waals surface area contributed by atoms with E-state index < -0.39 is 15.9 Å². The molecule has 2 unspecified atom stereocenters. The van der Waals surface area contributed by atoms with Crippen LogP contribution in [0.1, 0.15) is 98.8 Å². The number of hydrogen-bond acceptors (Lipinski definition) is 6. The van der Waals surface area contributed by atoms with Crippen LogP contribution in [0.25, 0.3) is 5.57 Å². The molecule has 3 heterocycles. The molecule has 8 nitrogen and oxygen atoms in total. The zero-order valence-corrected chi connectivity index (χ0v) is 27.3. The topological polar surface area (TPSA) is 108 Å². The third kappa shape index (κ3) is 5.63. The first-order valence-corrected chi connectivity index (χ1v) is 16.9. The summed E-state index contributed by atoms with van der Waals surface area (Å²) in [6.07, 6.45) is 1.90. The number of carbonyl (C=O) groups is 1. The number of fused-ring (bicyclic) bond motifs is 4. The van der Waals surface area contributed by atoms with E-state index in [0.717, 1.165) is 51.4 Å². The molecule has 3 aliphatic rings. The summed E-state index contributed by atoms with van der Waals surface area (Å²) in [5, 5.41) is 5.52. The zero-order chi connectivity index (χ0) is 31.8. The summed E-state index contributed by atoms with van der Waals surface area (Å²) in [5.74, 6) is 1.11. The number of carbonyl (C=O) groups excluding carboxylic acids is 1. The van der Waals surface area contributed by atoms with Gasteiger partial charge in [-0.25, -0.2) is 0 Å². The molecular formula is C35H41N3O5S. The lowest BCUT2D eigenvalue weighted by atomic mass is 9.79. The first-order chi connectivity index (χ1) is 20.5. The molecule has 6 rings (SSSR count). The molecule has 0 saturated carbocycles. The highest BCUT2D eigenvalue weighted by atomic mass is 32.2. The number of anilines is 1. The van der Waals surface area contributed by atoms with Crippen LogP contribution < -0.4 is 20.6 Å². The van der Waals surface area contributed by atoms with E-state index in [9.17, 15) is 17.8 Å². The number of nitrogens with one attached hydrogen (secondary N) is 1. The van der Waals surface area contributed by atoms with Crippen LogP contribution in [-0.2, 0) is 10.1 Å². The third-order valence-corrected chi connectivity index (χ3v) is 9.78. The highest BCUT2D eigenvalue weighted by molar-refractivity contribution is 7.85. The van der Waals surface area contributed by atoms with Crippen LogP contribution in [0.4, 0.5) is 5.69 Å². The van der Waals surface area contributed by atoms with E-state index in [4.69, 9.17) is 9.73 Å². The molecular weight excluding hydrogens is 574 g/mol. The Morgan fingerprint density at radius 3 is 2.43 bits per heavy atom. The summed E-state index contributed by atoms with van der Waals surface area (Å²) >= 11 is 0. The molecule has 1 amide bonds. The lowest BCUT2D eigenvalue weighted by Gasteiger charge is -2.38. The van der Waals surface area contributed by atoms with E-state index in [-0.39, 0.29) is 29.4 Å². The van der Waals surface area contributed by atoms with Crippen LogP contribution in [0.3, 0.4) is 0 Å². The predicted octanol–water partition coefficient (Wildman–Crippen LogP) is 5.60. The summed E-state index contributed by atoms with van der Waals surface area (Å²) < 4.78 is 38.9. The van der Waals surface area contributed by atoms with Crippen molar-refractivity contribution >= 4 is 27.3 Å². The second-order valence-electron chi connectivity index (χ2n) is 14.0. The maximum absolute atomic E-state index is 13.8. The molecule has 9 heteroatoms. The molecule has 2 N–H and O–H groups in total. The van der Waals surface area contributed by atoms with Gasteiger partial charge in [-0.05, 0) is 87.3 Å². The Balaban J connectivity index is 1.62. The van der Waals surface area contributed by atoms with E-state index in [1.165, 1.54) is 10.5 Å². The molecule has 2 atom stereocenters. The van der Waals surface area contributed by atoms with Crippen LogP contribution in [0.5, 0.6) is 11.5 Å². The van der Waals surface area contributed by atoms with Gasteiger partial charge in [0.05, 0.1) is 16.6 Å². The second-order valence-corrected chi connectivity index (χ2v) is 15.6. The first-order valence-electron chi connectivity index (χ1n) is 15.2. The van der Waals surface area contributed by atoms with Crippen molar-refractivity contribution in [3.63, 3.8) is 0 Å². The molecule has 0 saturated heterocycles. The fourth-order valence-corrected chi connectivity index (χ4v) is 7.78. The fourth-order valence-electron chi connectivity index (χ4n) is 7.27. The summed E-state index contributed by atoms with van der Waals surface area (Å²) in [5.41, 5.74) is 6.13. The monoisotopic (exact) mass is 615 g/mol. The maximum Gasteiger partial charge on any atom is 0.266 e. The molecule has 3 aromatic rings. The molecule has 0 aromatic heterocycles. The number of nitrogens with zero attached hydrogens (tertiary/aromatic N) is 2. The van der Waals surface area contributed by atoms with Crippen molar-refractivity contribution in [2.24, 2.45) is 4.99 Å². The smallest absolute Gasteiger partial charge is 0.266 e. The predicted molar refractivity (Wildman–Crippen MR) is 173 cm³/mol. The van der Waals surface area contributed by atoms with Gasteiger partial charge in [0.1, 0.15) is 11.5 Å². The molecule has 232 valence electrons. The normalized spacial score (nSPS) is 21.0. The van der Waals surface area contributed by atoms with Gasteiger partial charge in [0.2, 0.25) is 0 Å². The maximum atomic E-state index is 13.8. The average molecular weight is 616 g/mol. The largest absolute Gasteiger partial charge is 0.456 e. The van der Waals surface area contributed by atoms with Crippen molar-refractivity contribution in [2.45, 2.75) is 77.3 Å². The number of benzene rings is 3. The lowest BCUT2D eigenvalue weighted by molar-refractivity contribution is 0.0803. The van der Waals surface area contributed by atoms with E-state index >= 15 is 0 Å². The molecule has 3 aromatic carbocycles. The standard InChI is InChI=1S/C35H41N3O5S/c1-20-18-34(3,4)36-28-16-30-26(14-24(20)28)32(22-10-8-9-11-23(22)33(39)38(7)12-13-44(40,41)42)27-15-25-21(2)19-35(5,6)37-29(25)17-31(27)43-30/h8-11,14-17,20-21,36H,12-13,18-19H2,1-7H3,(H,40,41,42). The minimum Gasteiger partial charge on any atom is -0.456 e. The molecule has 0 fully saturated rings. The Labute approximate surface area is 259 Å². The van der Waals surface area contributed by atoms with E-state index in [0.29, 0.717) is 23.0 Å². The van der Waals surface area contributed by atoms with Crippen molar-refractivity contribution in [3.05, 3.63) is 86.9 Å². The summed E-state index contributed by atoms with van der Waals surface area (Å²) in [6, 6.07) is 15.9. The van der Waals surface area contributed by atoms with Gasteiger partial charge in [0.15, 0.2) is 0 Å². The van der Waals surface area contributed by atoms with Gasteiger partial charge in [-0.2, -0.15) is 8.42 Å². The third-order valence-electron chi connectivity index (χ3n) is 9.08. The van der Waals surface area contributed by atoms with Crippen molar-refractivity contribution in [1.29, 1.82) is 0 Å². The molecule has 44 heavy (non-hydrogen) atoms. The molecule has 0 bridgehead atoms. The second kappa shape index (κ2) is 10.4. The lowest BCUT2D eigenvalue weighted by Crippen LogP contribution is -2.37. The molecule has 0 radical (unpaired) electrons. The number of rotatable bonds is 5. The average Bonchev–Trinajstić information content (AvgIpc) is 2.91. The van der Waals surface area contributed by atoms with Gasteiger partial charge in [-0.3, -0.25) is 14.3 Å². The Morgan fingerprint density at radius 1 is 1.00 bits per heavy atom. The van der Waals surface area contributed by atoms with Crippen molar-refractivity contribution < 1.29 is 22.5 Å². The fraction of sp³-hybridized carbons (Fsp3) is 0.429.